The minimum Gasteiger partial charge on any atom is -0.372 e. The van der Waals surface area contributed by atoms with Crippen molar-refractivity contribution >= 4 is 0 Å². The van der Waals surface area contributed by atoms with E-state index in [-0.39, 0.29) is 11.9 Å². The fourth-order valence-electron chi connectivity index (χ4n) is 1.77. The molecule has 0 bridgehead atoms. The molecule has 1 atom stereocenters. The van der Waals surface area contributed by atoms with Gasteiger partial charge in [0, 0.05) is 6.54 Å². The van der Waals surface area contributed by atoms with Crippen LogP contribution in [-0.4, -0.2) is 19.2 Å². The van der Waals surface area contributed by atoms with Gasteiger partial charge in [-0.1, -0.05) is 6.07 Å². The summed E-state index contributed by atoms with van der Waals surface area (Å²) in [4.78, 5) is 0. The van der Waals surface area contributed by atoms with Crippen LogP contribution < -0.4 is 5.32 Å². The summed E-state index contributed by atoms with van der Waals surface area (Å²) in [5, 5.41) is 3.24. The van der Waals surface area contributed by atoms with Crippen LogP contribution in [0.25, 0.3) is 0 Å². The van der Waals surface area contributed by atoms with Crippen molar-refractivity contribution in [3.05, 3.63) is 35.1 Å². The molecule has 15 heavy (non-hydrogen) atoms. The summed E-state index contributed by atoms with van der Waals surface area (Å²) in [7, 11) is 0. The van der Waals surface area contributed by atoms with Crippen molar-refractivity contribution in [2.75, 3.05) is 13.1 Å². The molecule has 1 N–H and O–H groups in total. The van der Waals surface area contributed by atoms with Crippen molar-refractivity contribution in [2.45, 2.75) is 26.1 Å². The van der Waals surface area contributed by atoms with Crippen LogP contribution in [0.4, 0.5) is 4.39 Å². The smallest absolute Gasteiger partial charge is 0.123 e. The summed E-state index contributed by atoms with van der Waals surface area (Å²) >= 11 is 0. The predicted octanol–water partition coefficient (Wildman–Crippen LogP) is 2.01. The first kappa shape index (κ1) is 10.6. The Morgan fingerprint density at radius 3 is 3.13 bits per heavy atom. The molecule has 0 spiro atoms. The van der Waals surface area contributed by atoms with E-state index >= 15 is 0 Å². The molecule has 1 heterocycles. The molecule has 0 amide bonds. The van der Waals surface area contributed by atoms with Crippen molar-refractivity contribution in [1.82, 2.24) is 5.32 Å². The summed E-state index contributed by atoms with van der Waals surface area (Å²) in [6.45, 7) is 4.42. The molecule has 0 saturated carbocycles. The Bertz CT molecular complexity index is 334. The maximum absolute atomic E-state index is 13.0. The zero-order chi connectivity index (χ0) is 10.7. The van der Waals surface area contributed by atoms with Crippen LogP contribution in [-0.2, 0) is 11.3 Å². The minimum atomic E-state index is -0.191. The molecular formula is C12H16FNO. The van der Waals surface area contributed by atoms with E-state index in [9.17, 15) is 4.39 Å². The highest BCUT2D eigenvalue weighted by molar-refractivity contribution is 5.25. The lowest BCUT2D eigenvalue weighted by Gasteiger charge is -2.12. The van der Waals surface area contributed by atoms with Crippen molar-refractivity contribution in [3.63, 3.8) is 0 Å². The first-order chi connectivity index (χ1) is 7.25. The normalized spacial score (nSPS) is 20.8. The molecule has 0 aliphatic carbocycles. The Labute approximate surface area is 89.4 Å². The van der Waals surface area contributed by atoms with E-state index in [0.29, 0.717) is 6.61 Å². The predicted molar refractivity (Wildman–Crippen MR) is 57.2 cm³/mol. The van der Waals surface area contributed by atoms with Crippen molar-refractivity contribution in [2.24, 2.45) is 0 Å². The van der Waals surface area contributed by atoms with Crippen LogP contribution in [0, 0.1) is 12.7 Å². The largest absolute Gasteiger partial charge is 0.372 e. The number of ether oxygens (including phenoxy) is 1. The zero-order valence-electron chi connectivity index (χ0n) is 8.92. The number of aryl methyl sites for hydroxylation is 1. The van der Waals surface area contributed by atoms with Gasteiger partial charge in [0.2, 0.25) is 0 Å². The molecule has 1 saturated heterocycles. The average molecular weight is 209 g/mol. The highest BCUT2D eigenvalue weighted by Crippen LogP contribution is 2.13. The van der Waals surface area contributed by atoms with Gasteiger partial charge in [0.25, 0.3) is 0 Å². The number of hydrogen-bond acceptors (Lipinski definition) is 2. The molecule has 1 unspecified atom stereocenters. The van der Waals surface area contributed by atoms with Crippen LogP contribution in [0.1, 0.15) is 17.5 Å². The first-order valence-corrected chi connectivity index (χ1v) is 5.33. The monoisotopic (exact) mass is 209 g/mol. The van der Waals surface area contributed by atoms with Gasteiger partial charge < -0.3 is 10.1 Å². The number of nitrogens with one attached hydrogen (secondary N) is 1. The van der Waals surface area contributed by atoms with Gasteiger partial charge in [-0.15, -0.1) is 0 Å². The topological polar surface area (TPSA) is 21.3 Å². The molecule has 0 aromatic heterocycles. The van der Waals surface area contributed by atoms with Crippen molar-refractivity contribution in [3.8, 4) is 0 Å². The fraction of sp³-hybridized carbons (Fsp3) is 0.500. The molecule has 2 nitrogen and oxygen atoms in total. The highest BCUT2D eigenvalue weighted by Gasteiger charge is 2.14. The third kappa shape index (κ3) is 2.76. The number of rotatable bonds is 3. The quantitative estimate of drug-likeness (QED) is 0.822. The molecule has 1 aliphatic heterocycles. The lowest BCUT2D eigenvalue weighted by molar-refractivity contribution is 0.0538. The Morgan fingerprint density at radius 2 is 2.40 bits per heavy atom. The first-order valence-electron chi connectivity index (χ1n) is 5.33. The van der Waals surface area contributed by atoms with Gasteiger partial charge in [0.05, 0.1) is 12.7 Å². The lowest BCUT2D eigenvalue weighted by atomic mass is 10.1. The average Bonchev–Trinajstić information content (AvgIpc) is 2.72. The van der Waals surface area contributed by atoms with Gasteiger partial charge in [-0.2, -0.15) is 0 Å². The highest BCUT2D eigenvalue weighted by atomic mass is 19.1. The molecule has 1 aromatic rings. The van der Waals surface area contributed by atoms with Gasteiger partial charge in [0.1, 0.15) is 5.82 Å². The third-order valence-electron chi connectivity index (χ3n) is 2.80. The van der Waals surface area contributed by atoms with Gasteiger partial charge >= 0.3 is 0 Å². The van der Waals surface area contributed by atoms with Crippen molar-refractivity contribution < 1.29 is 9.13 Å². The summed E-state index contributed by atoms with van der Waals surface area (Å²) in [6, 6.07) is 4.83. The lowest BCUT2D eigenvalue weighted by Crippen LogP contribution is -2.16. The standard InChI is InChI=1S/C12H16FNO/c1-9-2-3-11(13)6-10(9)8-15-12-4-5-14-7-12/h2-3,6,12,14H,4-5,7-8H2,1H3. The van der Waals surface area contributed by atoms with Crippen LogP contribution in [0.2, 0.25) is 0 Å². The summed E-state index contributed by atoms with van der Waals surface area (Å²) < 4.78 is 18.7. The third-order valence-corrected chi connectivity index (χ3v) is 2.80. The number of halogens is 1. The van der Waals surface area contributed by atoms with Crippen LogP contribution in [0.5, 0.6) is 0 Å². The SMILES string of the molecule is Cc1ccc(F)cc1COC1CCNC1. The van der Waals surface area contributed by atoms with E-state index < -0.39 is 0 Å². The zero-order valence-corrected chi connectivity index (χ0v) is 8.92. The van der Waals surface area contributed by atoms with Gasteiger partial charge in [-0.3, -0.25) is 0 Å². The van der Waals surface area contributed by atoms with Crippen molar-refractivity contribution in [1.29, 1.82) is 0 Å². The summed E-state index contributed by atoms with van der Waals surface area (Å²) in [5.74, 6) is -0.191. The second-order valence-electron chi connectivity index (χ2n) is 4.00. The molecule has 2 rings (SSSR count). The second-order valence-corrected chi connectivity index (χ2v) is 4.00. The molecule has 3 heteroatoms. The van der Waals surface area contributed by atoms with E-state index in [1.54, 1.807) is 12.1 Å². The molecule has 1 aliphatic rings. The summed E-state index contributed by atoms with van der Waals surface area (Å²) in [6.07, 6.45) is 1.33. The minimum absolute atomic E-state index is 0.191. The Kier molecular flexibility index (Phi) is 3.34. The van der Waals surface area contributed by atoms with E-state index in [0.717, 1.165) is 30.6 Å². The number of hydrogen-bond donors (Lipinski definition) is 1. The van der Waals surface area contributed by atoms with Gasteiger partial charge in [0.15, 0.2) is 0 Å². The van der Waals surface area contributed by atoms with Crippen LogP contribution >= 0.6 is 0 Å². The Hall–Kier alpha value is -0.930. The molecule has 1 fully saturated rings. The van der Waals surface area contributed by atoms with E-state index in [4.69, 9.17) is 4.74 Å². The van der Waals surface area contributed by atoms with Crippen LogP contribution in [0.15, 0.2) is 18.2 Å². The Morgan fingerprint density at radius 1 is 1.53 bits per heavy atom. The second kappa shape index (κ2) is 4.73. The Balaban J connectivity index is 1.94. The molecular weight excluding hydrogens is 193 g/mol. The molecule has 1 aromatic carbocycles. The van der Waals surface area contributed by atoms with Crippen LogP contribution in [0.3, 0.4) is 0 Å². The maximum Gasteiger partial charge on any atom is 0.123 e. The fourth-order valence-corrected chi connectivity index (χ4v) is 1.77. The van der Waals surface area contributed by atoms with E-state index in [1.165, 1.54) is 6.07 Å². The number of benzene rings is 1. The van der Waals surface area contributed by atoms with Gasteiger partial charge in [-0.25, -0.2) is 4.39 Å². The molecule has 0 radical (unpaired) electrons. The van der Waals surface area contributed by atoms with E-state index in [2.05, 4.69) is 5.32 Å². The maximum atomic E-state index is 13.0. The summed E-state index contributed by atoms with van der Waals surface area (Å²) in [5.41, 5.74) is 2.03. The van der Waals surface area contributed by atoms with Gasteiger partial charge in [-0.05, 0) is 43.1 Å². The molecule has 82 valence electrons. The van der Waals surface area contributed by atoms with E-state index in [1.807, 2.05) is 6.92 Å².